The van der Waals surface area contributed by atoms with Gasteiger partial charge in [0, 0.05) is 49.2 Å². The van der Waals surface area contributed by atoms with Crippen LogP contribution in [0, 0.1) is 0 Å². The number of nitrogens with zero attached hydrogens (tertiary/aromatic N) is 2. The van der Waals surface area contributed by atoms with Crippen molar-refractivity contribution in [1.29, 1.82) is 0 Å². The van der Waals surface area contributed by atoms with Crippen molar-refractivity contribution in [3.05, 3.63) is 101 Å². The van der Waals surface area contributed by atoms with Crippen molar-refractivity contribution in [1.82, 2.24) is 0 Å². The van der Waals surface area contributed by atoms with Gasteiger partial charge >= 0.3 is 0 Å². The van der Waals surface area contributed by atoms with Gasteiger partial charge in [-0.3, -0.25) is 4.79 Å². The zero-order chi connectivity index (χ0) is 20.9. The lowest BCUT2D eigenvalue weighted by Crippen LogP contribution is -2.38. The van der Waals surface area contributed by atoms with Gasteiger partial charge in [-0.05, 0) is 53.3 Å². The average molecular weight is 395 g/mol. The molecule has 3 aromatic rings. The van der Waals surface area contributed by atoms with Gasteiger partial charge in [-0.25, -0.2) is 0 Å². The van der Waals surface area contributed by atoms with E-state index in [9.17, 15) is 4.79 Å². The number of aldehydes is 1. The van der Waals surface area contributed by atoms with Crippen LogP contribution in [0.4, 0.5) is 11.4 Å². The Labute approximate surface area is 178 Å². The minimum atomic E-state index is -0.262. The summed E-state index contributed by atoms with van der Waals surface area (Å²) in [6.45, 7) is 0. The van der Waals surface area contributed by atoms with Crippen LogP contribution in [0.2, 0.25) is 0 Å². The van der Waals surface area contributed by atoms with Crippen molar-refractivity contribution in [2.24, 2.45) is 0 Å². The number of allylic oxidation sites excluding steroid dienone is 2. The normalized spacial score (nSPS) is 19.2. The van der Waals surface area contributed by atoms with Crippen LogP contribution in [-0.2, 0) is 23.1 Å². The SMILES string of the molecule is CN(C)c1ccc2c(c1)C1(Cc3ccccc3)Cc3ccccc3C(C=O)=C1N2C. The average Bonchev–Trinajstić information content (AvgIpc) is 3.00. The second kappa shape index (κ2) is 6.88. The zero-order valence-corrected chi connectivity index (χ0v) is 17.7. The van der Waals surface area contributed by atoms with E-state index in [1.807, 2.05) is 6.07 Å². The van der Waals surface area contributed by atoms with Crippen molar-refractivity contribution in [3.8, 4) is 0 Å². The van der Waals surface area contributed by atoms with Crippen molar-refractivity contribution < 1.29 is 4.79 Å². The Kier molecular flexibility index (Phi) is 4.28. The van der Waals surface area contributed by atoms with Gasteiger partial charge in [-0.2, -0.15) is 0 Å². The standard InChI is InChI=1S/C27H26N2O/c1-28(2)21-13-14-25-24(15-21)27(16-19-9-5-4-6-10-19)17-20-11-7-8-12-22(20)23(18-30)26(27)29(25)3/h4-15,18H,16-17H2,1-3H3. The molecular formula is C27H26N2O. The molecule has 1 aliphatic heterocycles. The number of benzene rings is 3. The number of hydrogen-bond donors (Lipinski definition) is 0. The molecule has 150 valence electrons. The van der Waals surface area contributed by atoms with Crippen LogP contribution in [0.15, 0.2) is 78.5 Å². The highest BCUT2D eigenvalue weighted by atomic mass is 16.1. The van der Waals surface area contributed by atoms with Crippen molar-refractivity contribution >= 4 is 23.2 Å². The largest absolute Gasteiger partial charge is 0.378 e. The van der Waals surface area contributed by atoms with Crippen LogP contribution in [0.1, 0.15) is 22.3 Å². The van der Waals surface area contributed by atoms with E-state index >= 15 is 0 Å². The number of rotatable bonds is 4. The molecule has 3 heteroatoms. The summed E-state index contributed by atoms with van der Waals surface area (Å²) in [4.78, 5) is 16.8. The van der Waals surface area contributed by atoms with E-state index in [1.54, 1.807) is 0 Å². The third kappa shape index (κ3) is 2.62. The number of hydrogen-bond acceptors (Lipinski definition) is 3. The van der Waals surface area contributed by atoms with Crippen molar-refractivity contribution in [2.75, 3.05) is 30.9 Å². The first-order valence-corrected chi connectivity index (χ1v) is 10.4. The van der Waals surface area contributed by atoms with E-state index in [4.69, 9.17) is 0 Å². The van der Waals surface area contributed by atoms with Crippen LogP contribution in [0.5, 0.6) is 0 Å². The summed E-state index contributed by atoms with van der Waals surface area (Å²) in [6, 6.07) is 25.7. The molecule has 1 heterocycles. The summed E-state index contributed by atoms with van der Waals surface area (Å²) in [7, 11) is 6.26. The molecule has 0 bridgehead atoms. The molecule has 0 fully saturated rings. The van der Waals surface area contributed by atoms with Crippen LogP contribution < -0.4 is 9.80 Å². The van der Waals surface area contributed by atoms with Crippen molar-refractivity contribution in [2.45, 2.75) is 18.3 Å². The molecule has 3 nitrogen and oxygen atoms in total. The molecule has 0 saturated heterocycles. The Morgan fingerprint density at radius 1 is 1.00 bits per heavy atom. The molecular weight excluding hydrogens is 368 g/mol. The molecule has 0 spiro atoms. The molecule has 0 radical (unpaired) electrons. The van der Waals surface area contributed by atoms with Gasteiger partial charge in [-0.1, -0.05) is 54.6 Å². The zero-order valence-electron chi connectivity index (χ0n) is 17.7. The second-order valence-corrected chi connectivity index (χ2v) is 8.61. The molecule has 0 aromatic heterocycles. The van der Waals surface area contributed by atoms with Crippen molar-refractivity contribution in [3.63, 3.8) is 0 Å². The molecule has 1 atom stereocenters. The summed E-state index contributed by atoms with van der Waals surface area (Å²) in [6.07, 6.45) is 2.81. The summed E-state index contributed by atoms with van der Waals surface area (Å²) < 4.78 is 0. The van der Waals surface area contributed by atoms with Gasteiger partial charge in [0.2, 0.25) is 0 Å². The first-order chi connectivity index (χ1) is 14.5. The fourth-order valence-corrected chi connectivity index (χ4v) is 5.36. The van der Waals surface area contributed by atoms with E-state index < -0.39 is 0 Å². The number of likely N-dealkylation sites (N-methyl/N-ethyl adjacent to an activating group) is 1. The first-order valence-electron chi connectivity index (χ1n) is 10.4. The first kappa shape index (κ1) is 18.7. The molecule has 1 aliphatic carbocycles. The predicted molar refractivity (Wildman–Crippen MR) is 124 cm³/mol. The maximum Gasteiger partial charge on any atom is 0.152 e. The van der Waals surface area contributed by atoms with Gasteiger partial charge < -0.3 is 9.80 Å². The van der Waals surface area contributed by atoms with E-state index in [2.05, 4.69) is 97.7 Å². The van der Waals surface area contributed by atoms with Gasteiger partial charge in [-0.15, -0.1) is 0 Å². The number of fused-ring (bicyclic) bond motifs is 4. The molecule has 3 aromatic carbocycles. The van der Waals surface area contributed by atoms with Gasteiger partial charge in [0.25, 0.3) is 0 Å². The highest BCUT2D eigenvalue weighted by molar-refractivity contribution is 6.12. The smallest absolute Gasteiger partial charge is 0.152 e. The van der Waals surface area contributed by atoms with Gasteiger partial charge in [0.05, 0.1) is 0 Å². The van der Waals surface area contributed by atoms with E-state index in [-0.39, 0.29) is 5.41 Å². The number of carbonyl (C=O) groups is 1. The van der Waals surface area contributed by atoms with E-state index in [0.717, 1.165) is 36.0 Å². The van der Waals surface area contributed by atoms with Crippen LogP contribution in [0.3, 0.4) is 0 Å². The van der Waals surface area contributed by atoms with Crippen LogP contribution in [0.25, 0.3) is 5.57 Å². The van der Waals surface area contributed by atoms with Gasteiger partial charge in [0.1, 0.15) is 0 Å². The highest BCUT2D eigenvalue weighted by Crippen LogP contribution is 2.56. The molecule has 2 aliphatic rings. The maximum absolute atomic E-state index is 12.4. The molecule has 5 rings (SSSR count). The second-order valence-electron chi connectivity index (χ2n) is 8.61. The third-order valence-corrected chi connectivity index (χ3v) is 6.68. The highest BCUT2D eigenvalue weighted by Gasteiger charge is 2.50. The minimum Gasteiger partial charge on any atom is -0.378 e. The lowest BCUT2D eigenvalue weighted by molar-refractivity contribution is -0.103. The van der Waals surface area contributed by atoms with E-state index in [1.165, 1.54) is 28.1 Å². The summed E-state index contributed by atoms with van der Waals surface area (Å²) in [5, 5.41) is 0. The fourth-order valence-electron chi connectivity index (χ4n) is 5.36. The summed E-state index contributed by atoms with van der Waals surface area (Å²) in [5.74, 6) is 0. The topological polar surface area (TPSA) is 23.6 Å². The predicted octanol–water partition coefficient (Wildman–Crippen LogP) is 4.85. The summed E-state index contributed by atoms with van der Waals surface area (Å²) >= 11 is 0. The quantitative estimate of drug-likeness (QED) is 0.591. The third-order valence-electron chi connectivity index (χ3n) is 6.68. The maximum atomic E-state index is 12.4. The molecule has 30 heavy (non-hydrogen) atoms. The van der Waals surface area contributed by atoms with Gasteiger partial charge in [0.15, 0.2) is 6.29 Å². The molecule has 0 saturated carbocycles. The van der Waals surface area contributed by atoms with Crippen LogP contribution >= 0.6 is 0 Å². The number of carbonyl (C=O) groups excluding carboxylic acids is 1. The monoisotopic (exact) mass is 394 g/mol. The molecule has 0 amide bonds. The fraction of sp³-hybridized carbons (Fsp3) is 0.222. The lowest BCUT2D eigenvalue weighted by atomic mass is 9.65. The minimum absolute atomic E-state index is 0.262. The Bertz CT molecular complexity index is 1160. The lowest BCUT2D eigenvalue weighted by Gasteiger charge is -2.39. The van der Waals surface area contributed by atoms with Crippen LogP contribution in [-0.4, -0.2) is 27.4 Å². The Morgan fingerprint density at radius 3 is 2.47 bits per heavy atom. The summed E-state index contributed by atoms with van der Waals surface area (Å²) in [5.41, 5.74) is 8.97. The molecule has 0 N–H and O–H groups in total. The Morgan fingerprint density at radius 2 is 1.73 bits per heavy atom. The number of anilines is 2. The Hall–Kier alpha value is -3.33. The van der Waals surface area contributed by atoms with E-state index in [0.29, 0.717) is 0 Å². The molecule has 1 unspecified atom stereocenters. The Balaban J connectivity index is 1.82.